The Kier molecular flexibility index (Phi) is 6.04. The zero-order valence-corrected chi connectivity index (χ0v) is 15.8. The van der Waals surface area contributed by atoms with Crippen molar-refractivity contribution in [3.63, 3.8) is 0 Å². The summed E-state index contributed by atoms with van der Waals surface area (Å²) in [6.45, 7) is 2.60. The van der Waals surface area contributed by atoms with Gasteiger partial charge in [0.15, 0.2) is 6.61 Å². The molecule has 0 radical (unpaired) electrons. The Bertz CT molecular complexity index is 735. The molecular weight excluding hydrogens is 354 g/mol. The molecule has 25 heavy (non-hydrogen) atoms. The van der Waals surface area contributed by atoms with E-state index in [2.05, 4.69) is 0 Å². The van der Waals surface area contributed by atoms with Gasteiger partial charge in [-0.2, -0.15) is 0 Å². The topological polar surface area (TPSA) is 46.6 Å². The smallest absolute Gasteiger partial charge is 0.340 e. The third-order valence-corrected chi connectivity index (χ3v) is 6.01. The molecule has 1 atom stereocenters. The van der Waals surface area contributed by atoms with Gasteiger partial charge in [0, 0.05) is 22.3 Å². The number of carbonyl (C=O) groups excluding carboxylic acids is 2. The van der Waals surface area contributed by atoms with Gasteiger partial charge in [0.05, 0.1) is 5.57 Å². The largest absolute Gasteiger partial charge is 0.452 e. The van der Waals surface area contributed by atoms with Crippen LogP contribution < -0.4 is 0 Å². The van der Waals surface area contributed by atoms with E-state index in [0.29, 0.717) is 5.57 Å². The number of thiophene rings is 2. The second-order valence-corrected chi connectivity index (χ2v) is 7.99. The van der Waals surface area contributed by atoms with Crippen LogP contribution in [0.3, 0.4) is 0 Å². The Balaban J connectivity index is 1.68. The number of carbonyl (C=O) groups is 2. The number of likely N-dealkylation sites (tertiary alicyclic amines) is 1. The van der Waals surface area contributed by atoms with Gasteiger partial charge in [-0.3, -0.25) is 4.79 Å². The first kappa shape index (κ1) is 17.9. The lowest BCUT2D eigenvalue weighted by molar-refractivity contribution is -0.149. The summed E-state index contributed by atoms with van der Waals surface area (Å²) in [5.41, 5.74) is 0.497. The van der Waals surface area contributed by atoms with Crippen molar-refractivity contribution in [1.29, 1.82) is 0 Å². The van der Waals surface area contributed by atoms with E-state index in [0.717, 1.165) is 35.6 Å². The van der Waals surface area contributed by atoms with Crippen LogP contribution in [-0.2, 0) is 14.3 Å². The fraction of sp³-hybridized carbons (Fsp3) is 0.368. The van der Waals surface area contributed by atoms with E-state index >= 15 is 0 Å². The molecule has 0 saturated carbocycles. The van der Waals surface area contributed by atoms with Gasteiger partial charge < -0.3 is 9.64 Å². The second-order valence-electron chi connectivity index (χ2n) is 6.06. The summed E-state index contributed by atoms with van der Waals surface area (Å²) in [6, 6.07) is 7.90. The number of rotatable bonds is 5. The molecule has 2 aromatic rings. The van der Waals surface area contributed by atoms with E-state index in [1.807, 2.05) is 52.9 Å². The van der Waals surface area contributed by atoms with Crippen LogP contribution in [-0.4, -0.2) is 36.0 Å². The molecule has 3 rings (SSSR count). The van der Waals surface area contributed by atoms with Crippen molar-refractivity contribution in [3.05, 3.63) is 44.8 Å². The van der Waals surface area contributed by atoms with E-state index in [4.69, 9.17) is 4.74 Å². The SMILES string of the molecule is C[C@H]1CCCCN1C(=O)COC(=O)/C(=C/c1cccs1)c1cccs1. The first-order valence-corrected chi connectivity index (χ1v) is 10.2. The lowest BCUT2D eigenvalue weighted by atomic mass is 10.0. The fourth-order valence-corrected chi connectivity index (χ4v) is 4.32. The molecule has 1 saturated heterocycles. The fourth-order valence-electron chi connectivity index (χ4n) is 2.93. The van der Waals surface area contributed by atoms with Gasteiger partial charge >= 0.3 is 5.97 Å². The highest BCUT2D eigenvalue weighted by Crippen LogP contribution is 2.26. The minimum absolute atomic E-state index is 0.109. The second kappa shape index (κ2) is 8.45. The van der Waals surface area contributed by atoms with Crippen molar-refractivity contribution in [2.75, 3.05) is 13.2 Å². The maximum Gasteiger partial charge on any atom is 0.340 e. The maximum atomic E-state index is 12.6. The highest BCUT2D eigenvalue weighted by Gasteiger charge is 2.25. The number of hydrogen-bond donors (Lipinski definition) is 0. The van der Waals surface area contributed by atoms with Crippen LogP contribution in [0.15, 0.2) is 35.0 Å². The van der Waals surface area contributed by atoms with Gasteiger partial charge in [-0.1, -0.05) is 12.1 Å². The van der Waals surface area contributed by atoms with Crippen molar-refractivity contribution in [3.8, 4) is 0 Å². The quantitative estimate of drug-likeness (QED) is 0.578. The number of nitrogens with zero attached hydrogens (tertiary/aromatic N) is 1. The zero-order chi connectivity index (χ0) is 17.6. The minimum atomic E-state index is -0.450. The van der Waals surface area contributed by atoms with Crippen LogP contribution in [0.25, 0.3) is 11.6 Å². The van der Waals surface area contributed by atoms with Gasteiger partial charge in [-0.15, -0.1) is 22.7 Å². The molecule has 0 N–H and O–H groups in total. The molecule has 2 aromatic heterocycles. The highest BCUT2D eigenvalue weighted by molar-refractivity contribution is 7.12. The number of ether oxygens (including phenoxy) is 1. The molecule has 1 aliphatic heterocycles. The van der Waals surface area contributed by atoms with E-state index in [1.54, 1.807) is 11.3 Å². The summed E-state index contributed by atoms with van der Waals surface area (Å²) in [5, 5.41) is 3.88. The molecule has 1 aliphatic rings. The van der Waals surface area contributed by atoms with E-state index < -0.39 is 5.97 Å². The molecule has 0 unspecified atom stereocenters. The zero-order valence-electron chi connectivity index (χ0n) is 14.1. The predicted octanol–water partition coefficient (Wildman–Crippen LogP) is 4.29. The van der Waals surface area contributed by atoms with Gasteiger partial charge in [-0.05, 0) is 55.2 Å². The Labute approximate surface area is 155 Å². The summed E-state index contributed by atoms with van der Waals surface area (Å²) in [5.74, 6) is -0.559. The Morgan fingerprint density at radius 3 is 2.72 bits per heavy atom. The molecule has 4 nitrogen and oxygen atoms in total. The van der Waals surface area contributed by atoms with Crippen LogP contribution >= 0.6 is 22.7 Å². The van der Waals surface area contributed by atoms with E-state index in [1.165, 1.54) is 11.3 Å². The molecule has 3 heterocycles. The lowest BCUT2D eigenvalue weighted by Gasteiger charge is -2.33. The Morgan fingerprint density at radius 2 is 2.04 bits per heavy atom. The van der Waals surface area contributed by atoms with Crippen LogP contribution in [0.2, 0.25) is 0 Å². The molecule has 6 heteroatoms. The van der Waals surface area contributed by atoms with Crippen molar-refractivity contribution >= 4 is 46.2 Å². The summed E-state index contributed by atoms with van der Waals surface area (Å²) < 4.78 is 5.35. The Morgan fingerprint density at radius 1 is 1.24 bits per heavy atom. The maximum absolute atomic E-state index is 12.6. The first-order chi connectivity index (χ1) is 12.1. The summed E-state index contributed by atoms with van der Waals surface area (Å²) in [6.07, 6.45) is 5.00. The summed E-state index contributed by atoms with van der Waals surface area (Å²) in [7, 11) is 0. The van der Waals surface area contributed by atoms with Gasteiger partial charge in [0.2, 0.25) is 0 Å². The van der Waals surface area contributed by atoms with Crippen molar-refractivity contribution < 1.29 is 14.3 Å². The number of hydrogen-bond acceptors (Lipinski definition) is 5. The van der Waals surface area contributed by atoms with Gasteiger partial charge in [-0.25, -0.2) is 4.79 Å². The van der Waals surface area contributed by atoms with Crippen LogP contribution in [0.1, 0.15) is 35.9 Å². The third-order valence-electron chi connectivity index (χ3n) is 4.29. The predicted molar refractivity (Wildman–Crippen MR) is 102 cm³/mol. The van der Waals surface area contributed by atoms with Crippen LogP contribution in [0, 0.1) is 0 Å². The monoisotopic (exact) mass is 375 g/mol. The third kappa shape index (κ3) is 4.58. The number of esters is 1. The normalized spacial score (nSPS) is 18.2. The molecule has 1 amide bonds. The van der Waals surface area contributed by atoms with Crippen LogP contribution in [0.5, 0.6) is 0 Å². The lowest BCUT2D eigenvalue weighted by Crippen LogP contribution is -2.44. The number of amides is 1. The summed E-state index contributed by atoms with van der Waals surface area (Å²) >= 11 is 3.04. The molecular formula is C19H21NO3S2. The highest BCUT2D eigenvalue weighted by atomic mass is 32.1. The molecule has 0 spiro atoms. The van der Waals surface area contributed by atoms with Crippen molar-refractivity contribution in [2.45, 2.75) is 32.2 Å². The van der Waals surface area contributed by atoms with Crippen LogP contribution in [0.4, 0.5) is 0 Å². The average Bonchev–Trinajstić information content (AvgIpc) is 3.31. The van der Waals surface area contributed by atoms with Crippen molar-refractivity contribution in [2.24, 2.45) is 0 Å². The van der Waals surface area contributed by atoms with Gasteiger partial charge in [0.1, 0.15) is 0 Å². The van der Waals surface area contributed by atoms with Crippen molar-refractivity contribution in [1.82, 2.24) is 4.90 Å². The number of piperidine rings is 1. The molecule has 0 aliphatic carbocycles. The van der Waals surface area contributed by atoms with Gasteiger partial charge in [0.25, 0.3) is 5.91 Å². The average molecular weight is 376 g/mol. The van der Waals surface area contributed by atoms with E-state index in [9.17, 15) is 9.59 Å². The molecule has 132 valence electrons. The van der Waals surface area contributed by atoms with E-state index in [-0.39, 0.29) is 18.6 Å². The molecule has 1 fully saturated rings. The standard InChI is InChI=1S/C19H21NO3S2/c1-14-6-2-3-9-20(14)18(21)13-23-19(22)16(17-8-5-11-25-17)12-15-7-4-10-24-15/h4-5,7-8,10-12,14H,2-3,6,9,13H2,1H3/b16-12+/t14-/m0/s1. The minimum Gasteiger partial charge on any atom is -0.452 e. The molecule has 0 aromatic carbocycles. The first-order valence-electron chi connectivity index (χ1n) is 8.41. The summed E-state index contributed by atoms with van der Waals surface area (Å²) in [4.78, 5) is 28.6. The Hall–Kier alpha value is -1.92. The molecule has 0 bridgehead atoms.